The van der Waals surface area contributed by atoms with Gasteiger partial charge in [-0.2, -0.15) is 0 Å². The molecule has 1 unspecified atom stereocenters. The van der Waals surface area contributed by atoms with Crippen molar-refractivity contribution in [1.29, 1.82) is 0 Å². The number of hydrogen-bond donors (Lipinski definition) is 0. The second-order valence-electron chi connectivity index (χ2n) is 17.0. The number of hydrogen-bond acceptors (Lipinski definition) is 6. The zero-order valence-corrected chi connectivity index (χ0v) is 42.0. The lowest BCUT2D eigenvalue weighted by Crippen LogP contribution is -2.30. The van der Waals surface area contributed by atoms with Crippen LogP contribution in [0, 0.1) is 0 Å². The van der Waals surface area contributed by atoms with E-state index in [1.165, 1.54) is 44.9 Å². The third kappa shape index (κ3) is 50.9. The fourth-order valence-electron chi connectivity index (χ4n) is 6.90. The van der Waals surface area contributed by atoms with Crippen molar-refractivity contribution in [1.82, 2.24) is 0 Å². The first-order valence-electron chi connectivity index (χ1n) is 26.4. The maximum Gasteiger partial charge on any atom is 0.306 e. The molecule has 65 heavy (non-hydrogen) atoms. The molecule has 0 rings (SSSR count). The predicted octanol–water partition coefficient (Wildman–Crippen LogP) is 17.5. The Labute approximate surface area is 400 Å². The van der Waals surface area contributed by atoms with Gasteiger partial charge < -0.3 is 14.2 Å². The topological polar surface area (TPSA) is 78.9 Å². The van der Waals surface area contributed by atoms with Gasteiger partial charge >= 0.3 is 17.9 Å². The van der Waals surface area contributed by atoms with Gasteiger partial charge in [0.05, 0.1) is 0 Å². The normalized spacial score (nSPS) is 13.0. The Morgan fingerprint density at radius 2 is 0.554 bits per heavy atom. The fraction of sp³-hybridized carbons (Fsp3) is 0.644. The molecule has 0 saturated carbocycles. The summed E-state index contributed by atoms with van der Waals surface area (Å²) in [5.74, 6) is -0.954. The summed E-state index contributed by atoms with van der Waals surface area (Å²) in [4.78, 5) is 38.0. The lowest BCUT2D eigenvalue weighted by molar-refractivity contribution is -0.167. The zero-order valence-electron chi connectivity index (χ0n) is 42.0. The fourth-order valence-corrected chi connectivity index (χ4v) is 6.90. The van der Waals surface area contributed by atoms with Crippen LogP contribution in [0.1, 0.15) is 226 Å². The highest BCUT2D eigenvalue weighted by molar-refractivity contribution is 5.71. The van der Waals surface area contributed by atoms with Crippen molar-refractivity contribution in [2.24, 2.45) is 0 Å². The first kappa shape index (κ1) is 61.1. The summed E-state index contributed by atoms with van der Waals surface area (Å²) in [6, 6.07) is 0. The monoisotopic (exact) mass is 901 g/mol. The highest BCUT2D eigenvalue weighted by atomic mass is 16.6. The second-order valence-corrected chi connectivity index (χ2v) is 17.0. The molecule has 0 aliphatic carbocycles. The van der Waals surface area contributed by atoms with Gasteiger partial charge in [0.15, 0.2) is 6.10 Å². The molecule has 0 aromatic carbocycles. The number of esters is 3. The Balaban J connectivity index is 4.44. The first-order valence-corrected chi connectivity index (χ1v) is 26.4. The van der Waals surface area contributed by atoms with Crippen molar-refractivity contribution in [3.8, 4) is 0 Å². The van der Waals surface area contributed by atoms with Crippen molar-refractivity contribution in [2.75, 3.05) is 13.2 Å². The Bertz CT molecular complexity index is 1360. The van der Waals surface area contributed by atoms with Crippen molar-refractivity contribution >= 4 is 17.9 Å². The zero-order chi connectivity index (χ0) is 47.2. The molecule has 0 aromatic heterocycles. The predicted molar refractivity (Wildman–Crippen MR) is 279 cm³/mol. The van der Waals surface area contributed by atoms with E-state index in [-0.39, 0.29) is 31.1 Å². The minimum atomic E-state index is -0.803. The molecule has 0 fully saturated rings. The molecule has 6 nitrogen and oxygen atoms in total. The molecule has 368 valence electrons. The molecule has 0 spiro atoms. The van der Waals surface area contributed by atoms with E-state index in [9.17, 15) is 14.4 Å². The van der Waals surface area contributed by atoms with Gasteiger partial charge in [-0.15, -0.1) is 0 Å². The molecule has 0 radical (unpaired) electrons. The largest absolute Gasteiger partial charge is 0.462 e. The summed E-state index contributed by atoms with van der Waals surface area (Å²) in [6.07, 6.45) is 70.7. The molecular formula is C59H96O6. The number of rotatable bonds is 46. The van der Waals surface area contributed by atoms with Crippen LogP contribution < -0.4 is 0 Å². The number of allylic oxidation sites excluding steroid dienone is 18. The Kier molecular flexibility index (Phi) is 49.5. The molecule has 0 heterocycles. The van der Waals surface area contributed by atoms with Gasteiger partial charge in [0, 0.05) is 19.3 Å². The lowest BCUT2D eigenvalue weighted by Gasteiger charge is -2.18. The van der Waals surface area contributed by atoms with E-state index in [1.54, 1.807) is 0 Å². The molecule has 1 atom stereocenters. The van der Waals surface area contributed by atoms with E-state index in [1.807, 2.05) is 0 Å². The van der Waals surface area contributed by atoms with Gasteiger partial charge in [-0.1, -0.05) is 201 Å². The van der Waals surface area contributed by atoms with Crippen LogP contribution >= 0.6 is 0 Å². The van der Waals surface area contributed by atoms with E-state index in [2.05, 4.69) is 130 Å². The highest BCUT2D eigenvalue weighted by Gasteiger charge is 2.19. The number of carbonyl (C=O) groups is 3. The Morgan fingerprint density at radius 3 is 0.862 bits per heavy atom. The molecule has 0 aliphatic heterocycles. The molecule has 0 amide bonds. The SMILES string of the molecule is CC/C=C\C/C=C\C/C=C\CCCCCCCCCCCC(=O)OCC(COC(=O)CCCCCC/C=C\C/C=C\C/C=C\CC)OC(=O)CCCCCC/C=C\C/C=C\C/C=C\CC. The summed E-state index contributed by atoms with van der Waals surface area (Å²) in [6.45, 7) is 6.25. The number of ether oxygens (including phenoxy) is 3. The van der Waals surface area contributed by atoms with Gasteiger partial charge in [0.25, 0.3) is 0 Å². The summed E-state index contributed by atoms with van der Waals surface area (Å²) >= 11 is 0. The van der Waals surface area contributed by atoms with E-state index < -0.39 is 6.10 Å². The Morgan fingerprint density at radius 1 is 0.308 bits per heavy atom. The van der Waals surface area contributed by atoms with Crippen LogP contribution in [0.4, 0.5) is 0 Å². The van der Waals surface area contributed by atoms with Crippen molar-refractivity contribution in [3.05, 3.63) is 109 Å². The number of unbranched alkanes of at least 4 members (excludes halogenated alkanes) is 17. The third-order valence-corrected chi connectivity index (χ3v) is 10.8. The summed E-state index contributed by atoms with van der Waals surface area (Å²) in [5.41, 5.74) is 0. The smallest absolute Gasteiger partial charge is 0.306 e. The van der Waals surface area contributed by atoms with Gasteiger partial charge in [0.1, 0.15) is 13.2 Å². The average molecular weight is 901 g/mol. The lowest BCUT2D eigenvalue weighted by atomic mass is 10.1. The molecule has 0 N–H and O–H groups in total. The van der Waals surface area contributed by atoms with E-state index >= 15 is 0 Å². The second kappa shape index (κ2) is 52.7. The van der Waals surface area contributed by atoms with Crippen molar-refractivity contribution in [3.63, 3.8) is 0 Å². The minimum Gasteiger partial charge on any atom is -0.462 e. The first-order chi connectivity index (χ1) is 32.0. The summed E-state index contributed by atoms with van der Waals surface area (Å²) < 4.78 is 16.8. The van der Waals surface area contributed by atoms with Crippen LogP contribution in [0.3, 0.4) is 0 Å². The van der Waals surface area contributed by atoms with Gasteiger partial charge in [0.2, 0.25) is 0 Å². The average Bonchev–Trinajstić information content (AvgIpc) is 3.30. The maximum absolute atomic E-state index is 12.8. The molecule has 0 aliphatic rings. The van der Waals surface area contributed by atoms with Crippen LogP contribution in [-0.2, 0) is 28.6 Å². The third-order valence-electron chi connectivity index (χ3n) is 10.8. The van der Waals surface area contributed by atoms with Crippen LogP contribution in [-0.4, -0.2) is 37.2 Å². The summed E-state index contributed by atoms with van der Waals surface area (Å²) in [7, 11) is 0. The van der Waals surface area contributed by atoms with Crippen LogP contribution in [0.5, 0.6) is 0 Å². The van der Waals surface area contributed by atoms with E-state index in [0.29, 0.717) is 19.3 Å². The molecule has 6 heteroatoms. The molecule has 0 saturated heterocycles. The van der Waals surface area contributed by atoms with Crippen LogP contribution in [0.2, 0.25) is 0 Å². The van der Waals surface area contributed by atoms with Gasteiger partial charge in [-0.3, -0.25) is 14.4 Å². The molecular weight excluding hydrogens is 805 g/mol. The number of carbonyl (C=O) groups excluding carboxylic acids is 3. The van der Waals surface area contributed by atoms with E-state index in [4.69, 9.17) is 14.2 Å². The summed E-state index contributed by atoms with van der Waals surface area (Å²) in [5, 5.41) is 0. The van der Waals surface area contributed by atoms with Gasteiger partial charge in [-0.25, -0.2) is 0 Å². The van der Waals surface area contributed by atoms with Crippen molar-refractivity contribution in [2.45, 2.75) is 232 Å². The minimum absolute atomic E-state index is 0.0994. The Hall–Kier alpha value is -3.93. The quantitative estimate of drug-likeness (QED) is 0.0262. The van der Waals surface area contributed by atoms with Gasteiger partial charge in [-0.05, 0) is 116 Å². The highest BCUT2D eigenvalue weighted by Crippen LogP contribution is 2.14. The van der Waals surface area contributed by atoms with Crippen molar-refractivity contribution < 1.29 is 28.6 Å². The maximum atomic E-state index is 12.8. The van der Waals surface area contributed by atoms with Crippen LogP contribution in [0.15, 0.2) is 109 Å². The standard InChI is InChI=1S/C59H96O6/c1-4-7-10-13-16-19-22-25-28-29-30-31-32-35-37-40-43-46-49-52-58(61)64-55-56(65-59(62)53-50-47-44-41-38-34-27-24-21-18-15-12-9-6-3)54-63-57(60)51-48-45-42-39-36-33-26-23-20-17-14-11-8-5-2/h7-12,16-21,25-28,33-34,56H,4-6,13-15,22-24,29-32,35-55H2,1-3H3/b10-7-,11-8-,12-9-,19-16-,20-17-,21-18-,28-25-,33-26-,34-27-. The van der Waals surface area contributed by atoms with Crippen LogP contribution in [0.25, 0.3) is 0 Å². The van der Waals surface area contributed by atoms with E-state index in [0.717, 1.165) is 141 Å². The molecule has 0 aromatic rings. The molecule has 0 bridgehead atoms.